The number of carbonyl (C=O) groups is 2. The van der Waals surface area contributed by atoms with E-state index < -0.39 is 0 Å². The number of hydrogen-bond acceptors (Lipinski definition) is 5. The van der Waals surface area contributed by atoms with Crippen molar-refractivity contribution < 1.29 is 14.3 Å². The van der Waals surface area contributed by atoms with Gasteiger partial charge in [0.05, 0.1) is 24.2 Å². The van der Waals surface area contributed by atoms with Gasteiger partial charge < -0.3 is 19.9 Å². The van der Waals surface area contributed by atoms with Gasteiger partial charge in [-0.25, -0.2) is 4.98 Å². The fourth-order valence-corrected chi connectivity index (χ4v) is 2.83. The van der Waals surface area contributed by atoms with Gasteiger partial charge in [-0.2, -0.15) is 0 Å². The van der Waals surface area contributed by atoms with Crippen LogP contribution in [-0.2, 0) is 4.79 Å². The predicted octanol–water partition coefficient (Wildman–Crippen LogP) is 2.01. The molecular weight excluding hydrogens is 332 g/mol. The van der Waals surface area contributed by atoms with Gasteiger partial charge in [-0.1, -0.05) is 12.1 Å². The standard InChI is InChI=1S/C19H22N4O3/c1-2-26-18-6-4-3-5-16(18)21-19(25)17-8-7-15(13-20-17)23-11-9-22(14-24)10-12-23/h3-8,13-14H,2,9-12H2,1H3,(H,21,25). The van der Waals surface area contributed by atoms with Gasteiger partial charge in [-0.05, 0) is 31.2 Å². The number of nitrogens with one attached hydrogen (secondary N) is 1. The summed E-state index contributed by atoms with van der Waals surface area (Å²) in [7, 11) is 0. The Kier molecular flexibility index (Phi) is 5.68. The second-order valence-electron chi connectivity index (χ2n) is 5.91. The molecule has 0 unspecified atom stereocenters. The van der Waals surface area contributed by atoms with E-state index in [0.29, 0.717) is 36.8 Å². The monoisotopic (exact) mass is 354 g/mol. The highest BCUT2D eigenvalue weighted by Crippen LogP contribution is 2.24. The zero-order valence-corrected chi connectivity index (χ0v) is 14.7. The Bertz CT molecular complexity index is 756. The molecule has 3 rings (SSSR count). The Morgan fingerprint density at radius 2 is 1.96 bits per heavy atom. The van der Waals surface area contributed by atoms with Crippen LogP contribution >= 0.6 is 0 Å². The summed E-state index contributed by atoms with van der Waals surface area (Å²) in [6, 6.07) is 10.9. The molecule has 2 amide bonds. The molecule has 1 saturated heterocycles. The van der Waals surface area contributed by atoms with Gasteiger partial charge in [0.1, 0.15) is 11.4 Å². The normalized spacial score (nSPS) is 14.0. The largest absolute Gasteiger partial charge is 0.492 e. The van der Waals surface area contributed by atoms with Crippen molar-refractivity contribution in [3.63, 3.8) is 0 Å². The van der Waals surface area contributed by atoms with Crippen molar-refractivity contribution in [2.75, 3.05) is 43.0 Å². The minimum Gasteiger partial charge on any atom is -0.492 e. The molecule has 1 aromatic heterocycles. The van der Waals surface area contributed by atoms with Crippen LogP contribution in [0.4, 0.5) is 11.4 Å². The van der Waals surface area contributed by atoms with E-state index in [0.717, 1.165) is 25.2 Å². The average molecular weight is 354 g/mol. The van der Waals surface area contributed by atoms with E-state index in [9.17, 15) is 9.59 Å². The van der Waals surface area contributed by atoms with Gasteiger partial charge in [0, 0.05) is 26.2 Å². The van der Waals surface area contributed by atoms with E-state index in [1.807, 2.05) is 31.2 Å². The highest BCUT2D eigenvalue weighted by atomic mass is 16.5. The van der Waals surface area contributed by atoms with Crippen molar-refractivity contribution in [2.45, 2.75) is 6.92 Å². The number of aromatic nitrogens is 1. The molecule has 0 saturated carbocycles. The molecule has 136 valence electrons. The fourth-order valence-electron chi connectivity index (χ4n) is 2.83. The summed E-state index contributed by atoms with van der Waals surface area (Å²) in [6.45, 7) is 5.33. The zero-order chi connectivity index (χ0) is 18.4. The van der Waals surface area contributed by atoms with Gasteiger partial charge in [-0.3, -0.25) is 9.59 Å². The highest BCUT2D eigenvalue weighted by molar-refractivity contribution is 6.03. The number of benzene rings is 1. The SMILES string of the molecule is CCOc1ccccc1NC(=O)c1ccc(N2CCN(C=O)CC2)cn1. The van der Waals surface area contributed by atoms with Crippen molar-refractivity contribution in [1.82, 2.24) is 9.88 Å². The number of rotatable bonds is 6. The summed E-state index contributed by atoms with van der Waals surface area (Å²) in [5, 5.41) is 2.84. The molecule has 7 nitrogen and oxygen atoms in total. The fraction of sp³-hybridized carbons (Fsp3) is 0.316. The Hall–Kier alpha value is -3.09. The molecule has 0 radical (unpaired) electrons. The third kappa shape index (κ3) is 4.11. The van der Waals surface area contributed by atoms with Crippen LogP contribution in [0.15, 0.2) is 42.6 Å². The number of piperazine rings is 1. The number of ether oxygens (including phenoxy) is 1. The molecule has 1 fully saturated rings. The Balaban J connectivity index is 1.65. The molecule has 0 spiro atoms. The van der Waals surface area contributed by atoms with E-state index >= 15 is 0 Å². The van der Waals surface area contributed by atoms with Crippen LogP contribution in [0, 0.1) is 0 Å². The van der Waals surface area contributed by atoms with E-state index in [1.165, 1.54) is 0 Å². The summed E-state index contributed by atoms with van der Waals surface area (Å²) in [5.41, 5.74) is 1.91. The number of anilines is 2. The molecule has 1 aromatic carbocycles. The van der Waals surface area contributed by atoms with Crippen LogP contribution in [0.3, 0.4) is 0 Å². The van der Waals surface area contributed by atoms with E-state index in [4.69, 9.17) is 4.74 Å². The number of hydrogen-bond donors (Lipinski definition) is 1. The second-order valence-corrected chi connectivity index (χ2v) is 5.91. The third-order valence-corrected chi connectivity index (χ3v) is 4.24. The van der Waals surface area contributed by atoms with Crippen molar-refractivity contribution >= 4 is 23.7 Å². The topological polar surface area (TPSA) is 74.8 Å². The molecule has 0 atom stereocenters. The first-order chi connectivity index (χ1) is 12.7. The van der Waals surface area contributed by atoms with Crippen molar-refractivity contribution in [2.24, 2.45) is 0 Å². The lowest BCUT2D eigenvalue weighted by atomic mass is 10.2. The third-order valence-electron chi connectivity index (χ3n) is 4.24. The molecule has 0 aliphatic carbocycles. The molecule has 1 aliphatic rings. The summed E-state index contributed by atoms with van der Waals surface area (Å²) in [6.07, 6.45) is 2.57. The quantitative estimate of drug-likeness (QED) is 0.803. The van der Waals surface area contributed by atoms with Gasteiger partial charge in [0.15, 0.2) is 0 Å². The summed E-state index contributed by atoms with van der Waals surface area (Å²) >= 11 is 0. The number of carbonyl (C=O) groups excluding carboxylic acids is 2. The molecule has 7 heteroatoms. The maximum atomic E-state index is 12.5. The Labute approximate surface area is 152 Å². The van der Waals surface area contributed by atoms with Gasteiger partial charge in [0.2, 0.25) is 6.41 Å². The average Bonchev–Trinajstić information content (AvgIpc) is 2.70. The smallest absolute Gasteiger partial charge is 0.274 e. The zero-order valence-electron chi connectivity index (χ0n) is 14.7. The van der Waals surface area contributed by atoms with Gasteiger partial charge >= 0.3 is 0 Å². The molecule has 1 N–H and O–H groups in total. The van der Waals surface area contributed by atoms with E-state index in [1.54, 1.807) is 23.2 Å². The molecule has 1 aliphatic heterocycles. The van der Waals surface area contributed by atoms with Crippen LogP contribution in [0.2, 0.25) is 0 Å². The van der Waals surface area contributed by atoms with Crippen LogP contribution < -0.4 is 15.0 Å². The maximum absolute atomic E-state index is 12.5. The summed E-state index contributed by atoms with van der Waals surface area (Å²) in [4.78, 5) is 31.4. The van der Waals surface area contributed by atoms with Crippen LogP contribution in [0.1, 0.15) is 17.4 Å². The minimum atomic E-state index is -0.283. The number of amides is 2. The second kappa shape index (κ2) is 8.33. The minimum absolute atomic E-state index is 0.283. The first kappa shape index (κ1) is 17.7. The molecule has 0 bridgehead atoms. The molecule has 2 heterocycles. The van der Waals surface area contributed by atoms with E-state index in [2.05, 4.69) is 15.2 Å². The lowest BCUT2D eigenvalue weighted by molar-refractivity contribution is -0.118. The Morgan fingerprint density at radius 1 is 1.19 bits per heavy atom. The first-order valence-corrected chi connectivity index (χ1v) is 8.64. The molecule has 26 heavy (non-hydrogen) atoms. The summed E-state index contributed by atoms with van der Waals surface area (Å²) in [5.74, 6) is 0.350. The van der Waals surface area contributed by atoms with Gasteiger partial charge in [-0.15, -0.1) is 0 Å². The number of para-hydroxylation sites is 2. The molecule has 2 aromatic rings. The first-order valence-electron chi connectivity index (χ1n) is 8.64. The van der Waals surface area contributed by atoms with Crippen LogP contribution in [0.5, 0.6) is 5.75 Å². The lowest BCUT2D eigenvalue weighted by Gasteiger charge is -2.33. The van der Waals surface area contributed by atoms with E-state index in [-0.39, 0.29) is 5.91 Å². The number of pyridine rings is 1. The van der Waals surface area contributed by atoms with Crippen LogP contribution in [0.25, 0.3) is 0 Å². The highest BCUT2D eigenvalue weighted by Gasteiger charge is 2.17. The Morgan fingerprint density at radius 3 is 2.62 bits per heavy atom. The number of nitrogens with zero attached hydrogens (tertiary/aromatic N) is 3. The van der Waals surface area contributed by atoms with Crippen molar-refractivity contribution in [3.8, 4) is 5.75 Å². The predicted molar refractivity (Wildman–Crippen MR) is 99.7 cm³/mol. The van der Waals surface area contributed by atoms with Crippen LogP contribution in [-0.4, -0.2) is 55.0 Å². The van der Waals surface area contributed by atoms with Crippen molar-refractivity contribution in [3.05, 3.63) is 48.3 Å². The van der Waals surface area contributed by atoms with Gasteiger partial charge in [0.25, 0.3) is 5.91 Å². The lowest BCUT2D eigenvalue weighted by Crippen LogP contribution is -2.45. The summed E-state index contributed by atoms with van der Waals surface area (Å²) < 4.78 is 5.52. The van der Waals surface area contributed by atoms with Crippen molar-refractivity contribution in [1.29, 1.82) is 0 Å². The maximum Gasteiger partial charge on any atom is 0.274 e. The molecular formula is C19H22N4O3.